The molecular formula is C55H87NO9. The van der Waals surface area contributed by atoms with Crippen molar-refractivity contribution in [3.63, 3.8) is 0 Å². The largest absolute Gasteiger partial charge is 0.449 e. The first kappa shape index (κ1) is 53.1. The van der Waals surface area contributed by atoms with Crippen LogP contribution in [0.1, 0.15) is 198 Å². The Kier molecular flexibility index (Phi) is 25.6. The summed E-state index contributed by atoms with van der Waals surface area (Å²) in [6, 6.07) is 15.4. The van der Waals surface area contributed by atoms with Crippen LogP contribution >= 0.6 is 0 Å². The fourth-order valence-electron chi connectivity index (χ4n) is 9.75. The number of hydrogen-bond donors (Lipinski definition) is 4. The summed E-state index contributed by atoms with van der Waals surface area (Å²) in [7, 11) is 0. The van der Waals surface area contributed by atoms with Crippen LogP contribution in [-0.2, 0) is 23.7 Å². The standard InChI is InChI=1S/C55H87NO9/c1-3-5-7-9-11-13-15-17-19-21-23-25-27-37-48(57)47(56-55(60)63-39-46-44-35-31-29-33-42(44)43-34-30-32-36-45(43)46)40-62-54-52(59)51(58)53-49(64-54)41-61-50(65-53)38-28-26-24-22-20-18-16-14-12-10-8-6-4-2/h27,29-37,46-54,57-59H,3-26,28,38-41H2,1-2H3,(H,56,60)/b37-27+/t47-,48+,49+,50?,51+,52+,53-,54+/m0/s1. The lowest BCUT2D eigenvalue weighted by molar-refractivity contribution is -0.360. The predicted octanol–water partition coefficient (Wildman–Crippen LogP) is 12.2. The summed E-state index contributed by atoms with van der Waals surface area (Å²) in [6.07, 6.45) is 28.2. The second-order valence-electron chi connectivity index (χ2n) is 19.1. The van der Waals surface area contributed by atoms with Crippen molar-refractivity contribution >= 4 is 6.09 Å². The van der Waals surface area contributed by atoms with E-state index in [-0.39, 0.29) is 25.7 Å². The maximum atomic E-state index is 13.4. The third-order valence-corrected chi connectivity index (χ3v) is 13.7. The summed E-state index contributed by atoms with van der Waals surface area (Å²) >= 11 is 0. The molecule has 2 aliphatic heterocycles. The van der Waals surface area contributed by atoms with Crippen molar-refractivity contribution in [3.8, 4) is 11.1 Å². The van der Waals surface area contributed by atoms with Crippen LogP contribution in [0.3, 0.4) is 0 Å². The highest BCUT2D eigenvalue weighted by Crippen LogP contribution is 2.44. The van der Waals surface area contributed by atoms with E-state index >= 15 is 0 Å². The number of aliphatic hydroxyl groups is 3. The van der Waals surface area contributed by atoms with Crippen molar-refractivity contribution in [3.05, 3.63) is 71.8 Å². The number of unbranched alkanes of at least 4 members (excludes halogenated alkanes) is 23. The minimum Gasteiger partial charge on any atom is -0.449 e. The predicted molar refractivity (Wildman–Crippen MR) is 260 cm³/mol. The fourth-order valence-corrected chi connectivity index (χ4v) is 9.75. The molecule has 2 saturated heterocycles. The van der Waals surface area contributed by atoms with E-state index in [9.17, 15) is 20.1 Å². The summed E-state index contributed by atoms with van der Waals surface area (Å²) < 4.78 is 30.2. The second kappa shape index (κ2) is 31.3. The second-order valence-corrected chi connectivity index (χ2v) is 19.1. The van der Waals surface area contributed by atoms with Crippen LogP contribution in [0.2, 0.25) is 0 Å². The Balaban J connectivity index is 1.05. The summed E-state index contributed by atoms with van der Waals surface area (Å²) in [5, 5.41) is 36.6. The number of hydrogen-bond acceptors (Lipinski definition) is 9. The molecule has 1 amide bonds. The van der Waals surface area contributed by atoms with Gasteiger partial charge in [0.05, 0.1) is 25.4 Å². The van der Waals surface area contributed by atoms with Crippen LogP contribution < -0.4 is 5.32 Å². The number of aliphatic hydroxyl groups excluding tert-OH is 3. The van der Waals surface area contributed by atoms with Gasteiger partial charge in [-0.05, 0) is 47.9 Å². The van der Waals surface area contributed by atoms with Gasteiger partial charge in [0.2, 0.25) is 0 Å². The molecule has 366 valence electrons. The first-order valence-electron chi connectivity index (χ1n) is 26.3. The summed E-state index contributed by atoms with van der Waals surface area (Å²) in [5.74, 6) is -0.118. The van der Waals surface area contributed by atoms with Crippen LogP contribution in [0, 0.1) is 0 Å². The average molecular weight is 906 g/mol. The van der Waals surface area contributed by atoms with Gasteiger partial charge in [-0.15, -0.1) is 0 Å². The van der Waals surface area contributed by atoms with E-state index in [1.54, 1.807) is 6.08 Å². The van der Waals surface area contributed by atoms with Gasteiger partial charge in [-0.25, -0.2) is 4.79 Å². The molecular weight excluding hydrogens is 819 g/mol. The van der Waals surface area contributed by atoms with E-state index in [4.69, 9.17) is 23.7 Å². The topological polar surface area (TPSA) is 136 Å². The van der Waals surface area contributed by atoms with Gasteiger partial charge in [-0.1, -0.05) is 216 Å². The molecule has 65 heavy (non-hydrogen) atoms. The molecule has 5 rings (SSSR count). The van der Waals surface area contributed by atoms with E-state index in [2.05, 4.69) is 43.4 Å². The van der Waals surface area contributed by atoms with Crippen LogP contribution in [0.15, 0.2) is 60.7 Å². The molecule has 2 heterocycles. The SMILES string of the molecule is CCCCCCCCCCCCC/C=C/[C@@H](O)[C@H](CO[C@@H]1O[C@@H]2COC(CCCCCCCCCCCCCCC)O[C@@H]2[C@H](O)[C@H]1O)NC(=O)OCC1c2ccccc2-c2ccccc21. The van der Waals surface area contributed by atoms with Crippen molar-refractivity contribution in [2.24, 2.45) is 0 Å². The van der Waals surface area contributed by atoms with Crippen LogP contribution in [0.5, 0.6) is 0 Å². The molecule has 0 bridgehead atoms. The molecule has 8 atom stereocenters. The quantitative estimate of drug-likeness (QED) is 0.0400. The fraction of sp³-hybridized carbons (Fsp3) is 0.727. The summed E-state index contributed by atoms with van der Waals surface area (Å²) in [5.41, 5.74) is 4.48. The molecule has 2 fully saturated rings. The zero-order valence-electron chi connectivity index (χ0n) is 40.3. The molecule has 2 aromatic rings. The monoisotopic (exact) mass is 906 g/mol. The number of nitrogens with one attached hydrogen (secondary N) is 1. The number of alkyl carbamates (subject to hydrolysis) is 1. The van der Waals surface area contributed by atoms with Crippen molar-refractivity contribution in [1.82, 2.24) is 5.32 Å². The van der Waals surface area contributed by atoms with Gasteiger partial charge in [-0.3, -0.25) is 0 Å². The van der Waals surface area contributed by atoms with Crippen molar-refractivity contribution in [2.45, 2.75) is 236 Å². The zero-order chi connectivity index (χ0) is 45.9. The number of fused-ring (bicyclic) bond motifs is 4. The maximum absolute atomic E-state index is 13.4. The van der Waals surface area contributed by atoms with E-state index < -0.39 is 55.2 Å². The first-order chi connectivity index (χ1) is 31.9. The minimum absolute atomic E-state index is 0.118. The molecule has 0 saturated carbocycles. The van der Waals surface area contributed by atoms with Gasteiger partial charge in [0.25, 0.3) is 0 Å². The molecule has 10 nitrogen and oxygen atoms in total. The van der Waals surface area contributed by atoms with Gasteiger partial charge in [0.1, 0.15) is 31.0 Å². The van der Waals surface area contributed by atoms with Gasteiger partial charge in [-0.2, -0.15) is 0 Å². The number of rotatable bonds is 34. The highest BCUT2D eigenvalue weighted by Gasteiger charge is 2.49. The Labute approximate surface area is 392 Å². The smallest absolute Gasteiger partial charge is 0.407 e. The minimum atomic E-state index is -1.41. The third kappa shape index (κ3) is 18.3. The van der Waals surface area contributed by atoms with E-state index in [0.717, 1.165) is 60.8 Å². The average Bonchev–Trinajstić information content (AvgIpc) is 3.64. The Morgan fingerprint density at radius 3 is 1.75 bits per heavy atom. The van der Waals surface area contributed by atoms with Gasteiger partial charge in [0.15, 0.2) is 12.6 Å². The lowest BCUT2D eigenvalue weighted by Crippen LogP contribution is -2.63. The molecule has 1 unspecified atom stereocenters. The Hall–Kier alpha value is -2.83. The molecule has 3 aliphatic rings. The van der Waals surface area contributed by atoms with E-state index in [1.807, 2.05) is 30.3 Å². The van der Waals surface area contributed by atoms with E-state index in [1.165, 1.54) is 128 Å². The molecule has 2 aromatic carbocycles. The van der Waals surface area contributed by atoms with Crippen molar-refractivity contribution < 1.29 is 43.8 Å². The first-order valence-corrected chi connectivity index (χ1v) is 26.3. The van der Waals surface area contributed by atoms with E-state index in [0.29, 0.717) is 0 Å². The lowest BCUT2D eigenvalue weighted by atomic mass is 9.98. The number of amides is 1. The van der Waals surface area contributed by atoms with Crippen LogP contribution in [-0.4, -0.2) is 90.4 Å². The molecule has 10 heteroatoms. The molecule has 0 aromatic heterocycles. The highest BCUT2D eigenvalue weighted by molar-refractivity contribution is 5.79. The van der Waals surface area contributed by atoms with Gasteiger partial charge in [0, 0.05) is 5.92 Å². The van der Waals surface area contributed by atoms with Gasteiger partial charge < -0.3 is 44.3 Å². The number of benzene rings is 2. The lowest BCUT2D eigenvalue weighted by Gasteiger charge is -2.46. The number of ether oxygens (including phenoxy) is 5. The Morgan fingerprint density at radius 1 is 0.692 bits per heavy atom. The van der Waals surface area contributed by atoms with Crippen LogP contribution in [0.25, 0.3) is 11.1 Å². The summed E-state index contributed by atoms with van der Waals surface area (Å²) in [4.78, 5) is 13.4. The third-order valence-electron chi connectivity index (χ3n) is 13.7. The Morgan fingerprint density at radius 2 is 1.20 bits per heavy atom. The zero-order valence-corrected chi connectivity index (χ0v) is 40.3. The number of carbonyl (C=O) groups is 1. The van der Waals surface area contributed by atoms with Gasteiger partial charge >= 0.3 is 6.09 Å². The van der Waals surface area contributed by atoms with Crippen molar-refractivity contribution in [1.29, 1.82) is 0 Å². The molecule has 0 radical (unpaired) electrons. The highest BCUT2D eigenvalue weighted by atomic mass is 16.8. The normalized spacial score (nSPS) is 22.7. The maximum Gasteiger partial charge on any atom is 0.407 e. The molecule has 4 N–H and O–H groups in total. The summed E-state index contributed by atoms with van der Waals surface area (Å²) in [6.45, 7) is 4.63. The van der Waals surface area contributed by atoms with Crippen LogP contribution in [0.4, 0.5) is 4.79 Å². The molecule has 0 spiro atoms. The Bertz CT molecular complexity index is 1560. The molecule has 1 aliphatic carbocycles. The van der Waals surface area contributed by atoms with Crippen molar-refractivity contribution in [2.75, 3.05) is 19.8 Å². The number of carbonyl (C=O) groups excluding carboxylic acids is 1. The number of allylic oxidation sites excluding steroid dienone is 1.